The number of aromatic nitrogens is 1. The number of pyridine rings is 1. The number of nitrogens with zero attached hydrogens (tertiary/aromatic N) is 2. The van der Waals surface area contributed by atoms with E-state index in [4.69, 9.17) is 9.84 Å². The van der Waals surface area contributed by atoms with E-state index in [2.05, 4.69) is 10.3 Å². The number of aliphatic carboxylic acids is 1. The highest BCUT2D eigenvalue weighted by atomic mass is 16.5. The Kier molecular flexibility index (Phi) is 6.30. The van der Waals surface area contributed by atoms with Crippen LogP contribution >= 0.6 is 0 Å². The number of ether oxygens (including phenoxy) is 1. The van der Waals surface area contributed by atoms with E-state index in [9.17, 15) is 9.59 Å². The Morgan fingerprint density at radius 2 is 2.04 bits per heavy atom. The van der Waals surface area contributed by atoms with Gasteiger partial charge in [-0.25, -0.2) is 9.78 Å². The second-order valence-corrected chi connectivity index (χ2v) is 7.16. The van der Waals surface area contributed by atoms with Crippen molar-refractivity contribution in [3.8, 4) is 5.88 Å². The molecule has 26 heavy (non-hydrogen) atoms. The standard InChI is InChI=1S/C19H27N3O4/c23-18(24)15-5-4-10-22(13-15)19(25)21-12-14-8-9-20-17(11-14)26-16-6-2-1-3-7-16/h8-9,11,15-16H,1-7,10,12-13H2,(H,21,25)(H,23,24). The molecule has 0 radical (unpaired) electrons. The summed E-state index contributed by atoms with van der Waals surface area (Å²) < 4.78 is 5.96. The van der Waals surface area contributed by atoms with Crippen molar-refractivity contribution in [2.24, 2.45) is 5.92 Å². The van der Waals surface area contributed by atoms with Crippen molar-refractivity contribution in [1.82, 2.24) is 15.2 Å². The highest BCUT2D eigenvalue weighted by Gasteiger charge is 2.28. The van der Waals surface area contributed by atoms with Gasteiger partial charge in [0, 0.05) is 31.9 Å². The highest BCUT2D eigenvalue weighted by Crippen LogP contribution is 2.22. The summed E-state index contributed by atoms with van der Waals surface area (Å²) in [4.78, 5) is 29.3. The van der Waals surface area contributed by atoms with Crippen LogP contribution in [-0.4, -0.2) is 46.2 Å². The van der Waals surface area contributed by atoms with E-state index >= 15 is 0 Å². The predicted molar refractivity (Wildman–Crippen MR) is 95.9 cm³/mol. The lowest BCUT2D eigenvalue weighted by molar-refractivity contribution is -0.143. The van der Waals surface area contributed by atoms with Gasteiger partial charge >= 0.3 is 12.0 Å². The number of piperidine rings is 1. The van der Waals surface area contributed by atoms with Crippen LogP contribution in [-0.2, 0) is 11.3 Å². The molecule has 1 unspecified atom stereocenters. The molecule has 2 amide bonds. The number of carbonyl (C=O) groups is 2. The quantitative estimate of drug-likeness (QED) is 0.841. The molecule has 7 nitrogen and oxygen atoms in total. The van der Waals surface area contributed by atoms with E-state index in [1.54, 1.807) is 11.1 Å². The Labute approximate surface area is 153 Å². The number of hydrogen-bond acceptors (Lipinski definition) is 4. The maximum absolute atomic E-state index is 12.3. The Morgan fingerprint density at radius 3 is 2.81 bits per heavy atom. The van der Waals surface area contributed by atoms with Crippen molar-refractivity contribution in [1.29, 1.82) is 0 Å². The summed E-state index contributed by atoms with van der Waals surface area (Å²) in [6, 6.07) is 3.50. The number of carbonyl (C=O) groups excluding carboxylic acids is 1. The summed E-state index contributed by atoms with van der Waals surface area (Å²) in [5, 5.41) is 12.0. The van der Waals surface area contributed by atoms with Gasteiger partial charge in [-0.1, -0.05) is 6.42 Å². The van der Waals surface area contributed by atoms with Gasteiger partial charge in [0.25, 0.3) is 0 Å². The first-order valence-corrected chi connectivity index (χ1v) is 9.49. The molecule has 1 saturated heterocycles. The molecule has 0 bridgehead atoms. The molecule has 0 spiro atoms. The molecule has 1 aromatic rings. The van der Waals surface area contributed by atoms with Gasteiger partial charge in [-0.2, -0.15) is 0 Å². The summed E-state index contributed by atoms with van der Waals surface area (Å²) >= 11 is 0. The fraction of sp³-hybridized carbons (Fsp3) is 0.632. The Bertz CT molecular complexity index is 631. The van der Waals surface area contributed by atoms with Crippen LogP contribution in [0.5, 0.6) is 5.88 Å². The zero-order valence-electron chi connectivity index (χ0n) is 15.0. The van der Waals surface area contributed by atoms with Crippen molar-refractivity contribution in [3.63, 3.8) is 0 Å². The number of amides is 2. The van der Waals surface area contributed by atoms with Crippen LogP contribution in [0.2, 0.25) is 0 Å². The predicted octanol–water partition coefficient (Wildman–Crippen LogP) is 2.80. The summed E-state index contributed by atoms with van der Waals surface area (Å²) in [6.45, 7) is 1.24. The third-order valence-corrected chi connectivity index (χ3v) is 5.14. The van der Waals surface area contributed by atoms with Gasteiger partial charge in [0.2, 0.25) is 5.88 Å². The normalized spacial score (nSPS) is 21.2. The van der Waals surface area contributed by atoms with E-state index in [-0.39, 0.29) is 18.7 Å². The zero-order valence-corrected chi connectivity index (χ0v) is 15.0. The van der Waals surface area contributed by atoms with Crippen LogP contribution in [0.1, 0.15) is 50.5 Å². The fourth-order valence-electron chi connectivity index (χ4n) is 3.63. The molecule has 1 aliphatic carbocycles. The van der Waals surface area contributed by atoms with Crippen LogP contribution in [0.25, 0.3) is 0 Å². The van der Waals surface area contributed by atoms with Crippen LogP contribution in [0, 0.1) is 5.92 Å². The van der Waals surface area contributed by atoms with E-state index in [0.29, 0.717) is 25.4 Å². The lowest BCUT2D eigenvalue weighted by Crippen LogP contribution is -2.46. The second kappa shape index (κ2) is 8.87. The average Bonchev–Trinajstić information content (AvgIpc) is 2.67. The molecular formula is C19H27N3O4. The lowest BCUT2D eigenvalue weighted by Gasteiger charge is -2.30. The molecule has 1 aromatic heterocycles. The Hall–Kier alpha value is -2.31. The first-order chi connectivity index (χ1) is 12.6. The number of carboxylic acids is 1. The highest BCUT2D eigenvalue weighted by molar-refractivity contribution is 5.76. The summed E-state index contributed by atoms with van der Waals surface area (Å²) in [5.41, 5.74) is 0.922. The molecule has 2 aliphatic rings. The largest absolute Gasteiger partial charge is 0.481 e. The van der Waals surface area contributed by atoms with E-state index in [1.807, 2.05) is 12.1 Å². The fourth-order valence-corrected chi connectivity index (χ4v) is 3.63. The third kappa shape index (κ3) is 5.09. The minimum atomic E-state index is -0.832. The van der Waals surface area contributed by atoms with Crippen molar-refractivity contribution >= 4 is 12.0 Å². The third-order valence-electron chi connectivity index (χ3n) is 5.14. The second-order valence-electron chi connectivity index (χ2n) is 7.16. The molecule has 7 heteroatoms. The number of urea groups is 1. The van der Waals surface area contributed by atoms with Crippen LogP contribution < -0.4 is 10.1 Å². The maximum Gasteiger partial charge on any atom is 0.317 e. The monoisotopic (exact) mass is 361 g/mol. The molecule has 142 valence electrons. The minimum absolute atomic E-state index is 0.220. The average molecular weight is 361 g/mol. The number of carboxylic acid groups (broad SMARTS) is 1. The lowest BCUT2D eigenvalue weighted by atomic mass is 9.98. The molecule has 0 aromatic carbocycles. The Balaban J connectivity index is 1.50. The molecule has 1 atom stereocenters. The van der Waals surface area contributed by atoms with E-state index in [1.165, 1.54) is 19.3 Å². The van der Waals surface area contributed by atoms with Gasteiger partial charge in [-0.05, 0) is 50.2 Å². The van der Waals surface area contributed by atoms with Crippen molar-refractivity contribution in [3.05, 3.63) is 23.9 Å². The van der Waals surface area contributed by atoms with Crippen molar-refractivity contribution in [2.75, 3.05) is 13.1 Å². The van der Waals surface area contributed by atoms with Gasteiger partial charge < -0.3 is 20.1 Å². The molecular weight excluding hydrogens is 334 g/mol. The molecule has 2 fully saturated rings. The summed E-state index contributed by atoms with van der Waals surface area (Å²) in [7, 11) is 0. The molecule has 3 rings (SSSR count). The topological polar surface area (TPSA) is 91.8 Å². The molecule has 1 aliphatic heterocycles. The van der Waals surface area contributed by atoms with Crippen molar-refractivity contribution < 1.29 is 19.4 Å². The molecule has 2 N–H and O–H groups in total. The number of nitrogens with one attached hydrogen (secondary N) is 1. The van der Waals surface area contributed by atoms with Crippen LogP contribution in [0.15, 0.2) is 18.3 Å². The van der Waals surface area contributed by atoms with E-state index in [0.717, 1.165) is 24.8 Å². The molecule has 2 heterocycles. The van der Waals surface area contributed by atoms with Gasteiger partial charge in [-0.15, -0.1) is 0 Å². The number of hydrogen-bond donors (Lipinski definition) is 2. The summed E-state index contributed by atoms with van der Waals surface area (Å²) in [6.07, 6.45) is 9.11. The van der Waals surface area contributed by atoms with Gasteiger partial charge in [-0.3, -0.25) is 4.79 Å². The van der Waals surface area contributed by atoms with Gasteiger partial charge in [0.15, 0.2) is 0 Å². The van der Waals surface area contributed by atoms with Gasteiger partial charge in [0.05, 0.1) is 5.92 Å². The van der Waals surface area contributed by atoms with Crippen LogP contribution in [0.3, 0.4) is 0 Å². The molecule has 1 saturated carbocycles. The van der Waals surface area contributed by atoms with Gasteiger partial charge in [0.1, 0.15) is 6.10 Å². The minimum Gasteiger partial charge on any atom is -0.481 e. The first kappa shape index (κ1) is 18.5. The van der Waals surface area contributed by atoms with E-state index < -0.39 is 11.9 Å². The Morgan fingerprint density at radius 1 is 1.23 bits per heavy atom. The number of rotatable bonds is 5. The first-order valence-electron chi connectivity index (χ1n) is 9.49. The maximum atomic E-state index is 12.3. The summed E-state index contributed by atoms with van der Waals surface area (Å²) in [5.74, 6) is -0.695. The van der Waals surface area contributed by atoms with Crippen LogP contribution in [0.4, 0.5) is 4.79 Å². The number of likely N-dealkylation sites (tertiary alicyclic amines) is 1. The zero-order chi connectivity index (χ0) is 18.4. The smallest absolute Gasteiger partial charge is 0.317 e. The SMILES string of the molecule is O=C(O)C1CCCN(C(=O)NCc2ccnc(OC3CCCCC3)c2)C1. The van der Waals surface area contributed by atoms with Crippen molar-refractivity contribution in [2.45, 2.75) is 57.6 Å².